The second-order valence-electron chi connectivity index (χ2n) is 7.97. The molecule has 1 aromatic heterocycles. The Morgan fingerprint density at radius 2 is 1.38 bits per heavy atom. The van der Waals surface area contributed by atoms with Gasteiger partial charge in [0.1, 0.15) is 5.82 Å². The van der Waals surface area contributed by atoms with Crippen molar-refractivity contribution in [2.24, 2.45) is 0 Å². The molecule has 0 saturated heterocycles. The summed E-state index contributed by atoms with van der Waals surface area (Å²) in [5.74, 6) is 0.877. The number of rotatable bonds is 6. The first kappa shape index (κ1) is 17.9. The largest absolute Gasteiger partial charge is 0.396 e. The number of fused-ring (bicyclic) bond motifs is 2. The van der Waals surface area contributed by atoms with Crippen LogP contribution in [0.4, 0.5) is 5.69 Å². The first-order valence-electron chi connectivity index (χ1n) is 10.4. The summed E-state index contributed by atoms with van der Waals surface area (Å²) in [4.78, 5) is 9.25. The third-order valence-corrected chi connectivity index (χ3v) is 5.93. The molecule has 3 heteroatoms. The first-order valence-corrected chi connectivity index (χ1v) is 10.4. The molecule has 0 atom stereocenters. The molecule has 2 aliphatic rings. The van der Waals surface area contributed by atoms with Gasteiger partial charge in [0.15, 0.2) is 0 Å². The van der Waals surface area contributed by atoms with E-state index in [0.29, 0.717) is 5.69 Å². The van der Waals surface area contributed by atoms with Crippen LogP contribution in [0.25, 0.3) is 12.2 Å². The number of benzene rings is 2. The van der Waals surface area contributed by atoms with E-state index in [-0.39, 0.29) is 0 Å². The van der Waals surface area contributed by atoms with Crippen molar-refractivity contribution >= 4 is 17.8 Å². The Hall–Kier alpha value is -3.20. The molecule has 2 aromatic carbocycles. The summed E-state index contributed by atoms with van der Waals surface area (Å²) < 4.78 is 0. The van der Waals surface area contributed by atoms with E-state index in [1.54, 1.807) is 6.20 Å². The number of anilines is 1. The Labute approximate surface area is 172 Å². The van der Waals surface area contributed by atoms with Crippen molar-refractivity contribution in [2.45, 2.75) is 38.5 Å². The second-order valence-corrected chi connectivity index (χ2v) is 7.97. The molecule has 0 amide bonds. The second kappa shape index (κ2) is 7.67. The Balaban J connectivity index is 1.25. The fourth-order valence-electron chi connectivity index (χ4n) is 4.21. The van der Waals surface area contributed by atoms with Gasteiger partial charge in [0.25, 0.3) is 0 Å². The average molecular weight is 380 g/mol. The van der Waals surface area contributed by atoms with Gasteiger partial charge in [-0.2, -0.15) is 0 Å². The Morgan fingerprint density at radius 3 is 2.03 bits per heavy atom. The van der Waals surface area contributed by atoms with Crippen LogP contribution in [0.2, 0.25) is 0 Å². The van der Waals surface area contributed by atoms with Crippen LogP contribution in [0.5, 0.6) is 0 Å². The number of nitrogens with zero attached hydrogens (tertiary/aromatic N) is 2. The summed E-state index contributed by atoms with van der Waals surface area (Å²) in [5.41, 5.74) is 16.0. The fraction of sp³-hybridized carbons (Fsp3) is 0.231. The fourth-order valence-corrected chi connectivity index (χ4v) is 4.21. The molecule has 0 aliphatic heterocycles. The van der Waals surface area contributed by atoms with Gasteiger partial charge in [-0.1, -0.05) is 60.7 Å². The van der Waals surface area contributed by atoms with Crippen molar-refractivity contribution in [1.82, 2.24) is 9.97 Å². The van der Waals surface area contributed by atoms with E-state index in [4.69, 9.17) is 10.7 Å². The summed E-state index contributed by atoms with van der Waals surface area (Å²) in [5, 5.41) is 0. The third-order valence-electron chi connectivity index (χ3n) is 5.93. The number of hydrogen-bond donors (Lipinski definition) is 1. The van der Waals surface area contributed by atoms with Gasteiger partial charge in [-0.3, -0.25) is 0 Å². The predicted molar refractivity (Wildman–Crippen MR) is 120 cm³/mol. The molecule has 5 rings (SSSR count). The zero-order valence-corrected chi connectivity index (χ0v) is 16.6. The van der Waals surface area contributed by atoms with Crippen molar-refractivity contribution in [2.75, 3.05) is 5.73 Å². The zero-order valence-electron chi connectivity index (χ0n) is 16.6. The Bertz CT molecular complexity index is 1120. The Morgan fingerprint density at radius 1 is 0.759 bits per heavy atom. The van der Waals surface area contributed by atoms with Gasteiger partial charge < -0.3 is 5.73 Å². The Kier molecular flexibility index (Phi) is 4.73. The molecule has 0 radical (unpaired) electrons. The number of aryl methyl sites for hydroxylation is 4. The van der Waals surface area contributed by atoms with Crippen LogP contribution in [-0.4, -0.2) is 9.97 Å². The molecule has 2 aliphatic carbocycles. The van der Waals surface area contributed by atoms with E-state index < -0.39 is 0 Å². The van der Waals surface area contributed by atoms with Gasteiger partial charge in [-0.05, 0) is 65.5 Å². The summed E-state index contributed by atoms with van der Waals surface area (Å²) in [6.45, 7) is 0. The molecule has 3 aromatic rings. The minimum atomic E-state index is 0.692. The molecule has 3 nitrogen and oxygen atoms in total. The molecule has 0 spiro atoms. The molecule has 144 valence electrons. The van der Waals surface area contributed by atoms with Crippen molar-refractivity contribution < 1.29 is 0 Å². The number of aromatic nitrogens is 2. The van der Waals surface area contributed by atoms with Crippen molar-refractivity contribution in [1.29, 1.82) is 0 Å². The molecular formula is C26H25N3. The van der Waals surface area contributed by atoms with E-state index in [1.807, 2.05) is 0 Å². The number of allylic oxidation sites excluding steroid dienone is 2. The SMILES string of the molecule is Nc1cnc(CCc2ccc3c(c2)C=CC3)nc1CCc1ccc2c(c1)C=CC2. The molecule has 0 fully saturated rings. The summed E-state index contributed by atoms with van der Waals surface area (Å²) >= 11 is 0. The van der Waals surface area contributed by atoms with Crippen LogP contribution >= 0.6 is 0 Å². The lowest BCUT2D eigenvalue weighted by Crippen LogP contribution is -2.07. The summed E-state index contributed by atoms with van der Waals surface area (Å²) in [6, 6.07) is 13.5. The molecule has 0 unspecified atom stereocenters. The van der Waals surface area contributed by atoms with Crippen molar-refractivity contribution in [3.05, 3.63) is 99.6 Å². The molecule has 2 N–H and O–H groups in total. The van der Waals surface area contributed by atoms with Crippen molar-refractivity contribution in [3.63, 3.8) is 0 Å². The topological polar surface area (TPSA) is 51.8 Å². The smallest absolute Gasteiger partial charge is 0.129 e. The predicted octanol–water partition coefficient (Wildman–Crippen LogP) is 4.77. The van der Waals surface area contributed by atoms with Gasteiger partial charge in [0, 0.05) is 6.42 Å². The van der Waals surface area contributed by atoms with Gasteiger partial charge in [0.2, 0.25) is 0 Å². The summed E-state index contributed by atoms with van der Waals surface area (Å²) in [6.07, 6.45) is 16.3. The van der Waals surface area contributed by atoms with Crippen LogP contribution in [-0.2, 0) is 38.5 Å². The highest BCUT2D eigenvalue weighted by atomic mass is 14.9. The minimum absolute atomic E-state index is 0.692. The third kappa shape index (κ3) is 3.86. The standard InChI is InChI=1S/C26H25N3/c27-24-17-28-26(14-10-19-8-12-21-4-2-6-23(21)16-19)29-25(24)13-9-18-7-11-20-3-1-5-22(20)15-18/h1-2,5-8,11-12,15-17H,3-4,9-10,13-14,27H2. The molecule has 0 bridgehead atoms. The minimum Gasteiger partial charge on any atom is -0.396 e. The maximum absolute atomic E-state index is 6.17. The maximum atomic E-state index is 6.17. The van der Waals surface area contributed by atoms with Gasteiger partial charge in [0.05, 0.1) is 17.6 Å². The van der Waals surface area contributed by atoms with E-state index in [9.17, 15) is 0 Å². The van der Waals surface area contributed by atoms with Gasteiger partial charge >= 0.3 is 0 Å². The van der Waals surface area contributed by atoms with E-state index in [2.05, 4.69) is 65.7 Å². The van der Waals surface area contributed by atoms with Crippen LogP contribution < -0.4 is 5.73 Å². The zero-order chi connectivity index (χ0) is 19.6. The number of nitrogen functional groups attached to an aromatic ring is 1. The summed E-state index contributed by atoms with van der Waals surface area (Å²) in [7, 11) is 0. The van der Waals surface area contributed by atoms with Crippen molar-refractivity contribution in [3.8, 4) is 0 Å². The van der Waals surface area contributed by atoms with Crippen LogP contribution in [0.15, 0.2) is 54.7 Å². The normalized spacial score (nSPS) is 13.7. The van der Waals surface area contributed by atoms with E-state index in [1.165, 1.54) is 33.4 Å². The average Bonchev–Trinajstić information content (AvgIpc) is 3.40. The monoisotopic (exact) mass is 379 g/mol. The molecule has 29 heavy (non-hydrogen) atoms. The van der Waals surface area contributed by atoms with Gasteiger partial charge in [-0.25, -0.2) is 9.97 Å². The van der Waals surface area contributed by atoms with Gasteiger partial charge in [-0.15, -0.1) is 0 Å². The lowest BCUT2D eigenvalue weighted by molar-refractivity contribution is 0.817. The highest BCUT2D eigenvalue weighted by Gasteiger charge is 2.10. The molecular weight excluding hydrogens is 354 g/mol. The number of nitrogens with two attached hydrogens (primary N) is 1. The quantitative estimate of drug-likeness (QED) is 0.671. The van der Waals surface area contributed by atoms with Crippen LogP contribution in [0.1, 0.15) is 44.9 Å². The molecule has 0 saturated carbocycles. The lowest BCUT2D eigenvalue weighted by atomic mass is 10.0. The molecule has 1 heterocycles. The van der Waals surface area contributed by atoms with Crippen LogP contribution in [0.3, 0.4) is 0 Å². The lowest BCUT2D eigenvalue weighted by Gasteiger charge is -2.09. The highest BCUT2D eigenvalue weighted by molar-refractivity contribution is 5.61. The van der Waals surface area contributed by atoms with E-state index >= 15 is 0 Å². The van der Waals surface area contributed by atoms with E-state index in [0.717, 1.165) is 50.0 Å². The first-order chi connectivity index (χ1) is 14.2. The van der Waals surface area contributed by atoms with Crippen LogP contribution in [0, 0.1) is 0 Å². The number of hydrogen-bond acceptors (Lipinski definition) is 3. The maximum Gasteiger partial charge on any atom is 0.129 e. The highest BCUT2D eigenvalue weighted by Crippen LogP contribution is 2.23.